The van der Waals surface area contributed by atoms with Gasteiger partial charge in [-0.3, -0.25) is 14.6 Å². The van der Waals surface area contributed by atoms with Gasteiger partial charge in [0, 0.05) is 17.1 Å². The lowest BCUT2D eigenvalue weighted by molar-refractivity contribution is -0.763. The fraction of sp³-hybridized carbons (Fsp3) is 0.273. The van der Waals surface area contributed by atoms with Gasteiger partial charge in [-0.2, -0.15) is 0 Å². The van der Waals surface area contributed by atoms with Crippen LogP contribution in [0.2, 0.25) is 0 Å². The summed E-state index contributed by atoms with van der Waals surface area (Å²) in [6.07, 6.45) is 2.40. The third-order valence-electron chi connectivity index (χ3n) is 5.10. The number of anilines is 1. The number of hydrogen-bond donors (Lipinski definition) is 1. The number of hydrogen-bond acceptors (Lipinski definition) is 5. The summed E-state index contributed by atoms with van der Waals surface area (Å²) in [6, 6.07) is 15.0. The van der Waals surface area contributed by atoms with Crippen molar-refractivity contribution >= 4 is 23.4 Å². The van der Waals surface area contributed by atoms with Crippen LogP contribution in [-0.2, 0) is 4.79 Å². The van der Waals surface area contributed by atoms with Crippen LogP contribution >= 0.6 is 11.8 Å². The Bertz CT molecular complexity index is 1140. The van der Waals surface area contributed by atoms with Crippen molar-refractivity contribution in [2.45, 2.75) is 31.1 Å². The number of rotatable bonds is 5. The van der Waals surface area contributed by atoms with Gasteiger partial charge in [0.1, 0.15) is 5.75 Å². The fourth-order valence-electron chi connectivity index (χ4n) is 3.74. The second-order valence-corrected chi connectivity index (χ2v) is 7.73. The maximum absolute atomic E-state index is 13.3. The minimum atomic E-state index is -0.576. The maximum atomic E-state index is 13.3. The Balaban J connectivity index is 2.02. The Morgan fingerprint density at radius 1 is 1.23 bits per heavy atom. The molecule has 0 saturated heterocycles. The van der Waals surface area contributed by atoms with Gasteiger partial charge in [0.05, 0.1) is 18.4 Å². The zero-order valence-electron chi connectivity index (χ0n) is 17.1. The van der Waals surface area contributed by atoms with Crippen LogP contribution < -0.4 is 19.9 Å². The fourth-order valence-corrected chi connectivity index (χ4v) is 4.11. The van der Waals surface area contributed by atoms with Gasteiger partial charge in [-0.1, -0.05) is 30.8 Å². The molecule has 1 N–H and O–H groups in total. The quantitative estimate of drug-likeness (QED) is 0.504. The summed E-state index contributed by atoms with van der Waals surface area (Å²) in [6.45, 7) is 1.98. The molecular formula is C22H23N4O3S+. The summed E-state index contributed by atoms with van der Waals surface area (Å²) in [4.78, 5) is 30.9. The van der Waals surface area contributed by atoms with Gasteiger partial charge in [-0.25, -0.2) is 4.90 Å². The number of amides is 1. The van der Waals surface area contributed by atoms with Crippen molar-refractivity contribution in [3.63, 3.8) is 0 Å². The molecule has 0 radical (unpaired) electrons. The zero-order valence-corrected chi connectivity index (χ0v) is 17.9. The van der Waals surface area contributed by atoms with Crippen LogP contribution in [0, 0.1) is 0 Å². The molecular weight excluding hydrogens is 400 g/mol. The highest BCUT2D eigenvalue weighted by molar-refractivity contribution is 7.98. The Hall–Kier alpha value is -3.13. The zero-order chi connectivity index (χ0) is 21.3. The monoisotopic (exact) mass is 423 g/mol. The van der Waals surface area contributed by atoms with E-state index in [1.165, 1.54) is 11.8 Å². The molecule has 0 fully saturated rings. The first-order chi connectivity index (χ1) is 14.6. The topological polar surface area (TPSA) is 79.2 Å². The van der Waals surface area contributed by atoms with Crippen LogP contribution in [0.4, 0.5) is 5.69 Å². The molecule has 0 spiro atoms. The lowest BCUT2D eigenvalue weighted by Crippen LogP contribution is -2.60. The number of carbonyl (C=O) groups excluding carboxylic acids is 1. The molecule has 0 aliphatic carbocycles. The van der Waals surface area contributed by atoms with Crippen LogP contribution in [0.15, 0.2) is 58.5 Å². The smallest absolute Gasteiger partial charge is 0.325 e. The van der Waals surface area contributed by atoms with E-state index in [0.29, 0.717) is 28.5 Å². The number of para-hydroxylation sites is 1. The third-order valence-corrected chi connectivity index (χ3v) is 5.67. The van der Waals surface area contributed by atoms with Crippen LogP contribution in [0.25, 0.3) is 11.3 Å². The van der Waals surface area contributed by atoms with Crippen molar-refractivity contribution in [1.82, 2.24) is 10.1 Å². The first-order valence-corrected chi connectivity index (χ1v) is 11.0. The van der Waals surface area contributed by atoms with E-state index in [-0.39, 0.29) is 11.5 Å². The minimum Gasteiger partial charge on any atom is -0.497 e. The Kier molecular flexibility index (Phi) is 5.59. The van der Waals surface area contributed by atoms with Gasteiger partial charge in [0.25, 0.3) is 6.17 Å². The lowest BCUT2D eigenvalue weighted by atomic mass is 10.0. The van der Waals surface area contributed by atoms with Crippen LogP contribution in [0.3, 0.4) is 0 Å². The lowest BCUT2D eigenvalue weighted by Gasteiger charge is -2.32. The van der Waals surface area contributed by atoms with E-state index in [1.807, 2.05) is 61.7 Å². The van der Waals surface area contributed by atoms with E-state index < -0.39 is 6.17 Å². The number of thioether (sulfide) groups is 1. The third kappa shape index (κ3) is 3.37. The molecule has 3 aromatic rings. The normalized spacial score (nSPS) is 14.8. The van der Waals surface area contributed by atoms with E-state index in [0.717, 1.165) is 17.7 Å². The van der Waals surface area contributed by atoms with Gasteiger partial charge >= 0.3 is 11.3 Å². The van der Waals surface area contributed by atoms with Gasteiger partial charge in [0.15, 0.2) is 0 Å². The first-order valence-electron chi connectivity index (χ1n) is 9.74. The van der Waals surface area contributed by atoms with E-state index in [9.17, 15) is 9.59 Å². The molecule has 2 heterocycles. The summed E-state index contributed by atoms with van der Waals surface area (Å²) in [5, 5.41) is 5.17. The van der Waals surface area contributed by atoms with Crippen molar-refractivity contribution in [2.75, 3.05) is 18.3 Å². The predicted octanol–water partition coefficient (Wildman–Crippen LogP) is 3.15. The predicted molar refractivity (Wildman–Crippen MR) is 116 cm³/mol. The molecule has 0 saturated carbocycles. The number of ether oxygens (including phenoxy) is 1. The molecule has 0 unspecified atom stereocenters. The van der Waals surface area contributed by atoms with Crippen molar-refractivity contribution in [2.24, 2.45) is 0 Å². The number of nitrogens with one attached hydrogen (secondary N) is 1. The van der Waals surface area contributed by atoms with Crippen LogP contribution in [-0.4, -0.2) is 29.4 Å². The number of carbonyl (C=O) groups is 1. The number of fused-ring (bicyclic) bond motifs is 3. The highest BCUT2D eigenvalue weighted by Gasteiger charge is 2.45. The molecule has 1 aliphatic rings. The molecule has 4 rings (SSSR count). The average Bonchev–Trinajstić information content (AvgIpc) is 2.77. The molecule has 1 amide bonds. The maximum Gasteiger partial charge on any atom is 0.325 e. The standard InChI is InChI=1S/C22H22N4O3S/c1-4-7-18(27)25-17-9-6-5-8-16(17)19-20(28)23-22(30-3)24-26(19)21(25)14-10-12-15(29-2)13-11-14/h5-6,8-13,21H,4,7H2,1-3H3/p+1/t21-/m0/s1. The van der Waals surface area contributed by atoms with Gasteiger partial charge in [0.2, 0.25) is 11.1 Å². The number of methoxy groups -OCH3 is 1. The van der Waals surface area contributed by atoms with Crippen LogP contribution in [0.5, 0.6) is 5.75 Å². The number of aromatic amines is 1. The second-order valence-electron chi connectivity index (χ2n) is 6.93. The molecule has 30 heavy (non-hydrogen) atoms. The summed E-state index contributed by atoms with van der Waals surface area (Å²) in [5.41, 5.74) is 2.44. The van der Waals surface area contributed by atoms with E-state index >= 15 is 0 Å². The largest absolute Gasteiger partial charge is 0.497 e. The number of H-pyrrole nitrogens is 1. The molecule has 1 atom stereocenters. The first kappa shape index (κ1) is 20.2. The second kappa shape index (κ2) is 8.31. The Morgan fingerprint density at radius 2 is 1.97 bits per heavy atom. The summed E-state index contributed by atoms with van der Waals surface area (Å²) >= 11 is 1.35. The Morgan fingerprint density at radius 3 is 2.63 bits per heavy atom. The molecule has 1 aliphatic heterocycles. The van der Waals surface area contributed by atoms with Crippen molar-refractivity contribution in [3.05, 3.63) is 64.4 Å². The van der Waals surface area contributed by atoms with Gasteiger partial charge < -0.3 is 4.74 Å². The van der Waals surface area contributed by atoms with Gasteiger partial charge in [-0.15, -0.1) is 0 Å². The molecule has 1 aromatic heterocycles. The average molecular weight is 424 g/mol. The van der Waals surface area contributed by atoms with E-state index in [1.54, 1.807) is 16.7 Å². The van der Waals surface area contributed by atoms with Crippen LogP contribution in [0.1, 0.15) is 31.5 Å². The molecule has 154 valence electrons. The van der Waals surface area contributed by atoms with Gasteiger partial charge in [-0.05, 0) is 53.8 Å². The highest BCUT2D eigenvalue weighted by Crippen LogP contribution is 2.37. The summed E-state index contributed by atoms with van der Waals surface area (Å²) < 4.78 is 6.96. The van der Waals surface area contributed by atoms with Crippen molar-refractivity contribution in [1.29, 1.82) is 0 Å². The molecule has 0 bridgehead atoms. The number of aromatic nitrogens is 3. The van der Waals surface area contributed by atoms with E-state index in [4.69, 9.17) is 4.74 Å². The van der Waals surface area contributed by atoms with Crippen molar-refractivity contribution in [3.8, 4) is 17.0 Å². The molecule has 7 nitrogen and oxygen atoms in total. The molecule has 2 aromatic carbocycles. The number of benzene rings is 2. The highest BCUT2D eigenvalue weighted by atomic mass is 32.2. The SMILES string of the molecule is CCCC(=O)N1c2ccccc2-c2c(=O)[nH]c(SC)n[n+]2[C@H]1c1ccc(OC)cc1. The summed E-state index contributed by atoms with van der Waals surface area (Å²) in [7, 11) is 1.61. The minimum absolute atomic E-state index is 0.0169. The van der Waals surface area contributed by atoms with Crippen molar-refractivity contribution < 1.29 is 14.2 Å². The number of nitrogens with zero attached hydrogens (tertiary/aromatic N) is 3. The Labute approximate surface area is 178 Å². The summed E-state index contributed by atoms with van der Waals surface area (Å²) in [5.74, 6) is 0.701. The molecule has 8 heteroatoms. The van der Waals surface area contributed by atoms with E-state index in [2.05, 4.69) is 10.1 Å².